The standard InChI is InChI=1S/C26H20Cl2N2O5S/c1-34-22-12-17(8-11-21(22)35-15-16-6-9-18(27)10-7-16)13-23-25(32)30(26(33)36-23)14-24(31)29-20-5-3-2-4-19(20)28/h2-13H,14-15H2,1H3,(H,29,31)/b23-13+. The third-order valence-corrected chi connectivity index (χ3v) is 6.61. The van der Waals surface area contributed by atoms with E-state index in [-0.39, 0.29) is 4.91 Å². The van der Waals surface area contributed by atoms with Crippen LogP contribution in [0.5, 0.6) is 11.5 Å². The van der Waals surface area contributed by atoms with E-state index in [1.807, 2.05) is 12.1 Å². The normalized spacial score (nSPS) is 14.3. The molecule has 1 aliphatic heterocycles. The SMILES string of the molecule is COc1cc(/C=C2/SC(=O)N(CC(=O)Nc3ccccc3Cl)C2=O)ccc1OCc1ccc(Cl)cc1. The average Bonchev–Trinajstić information content (AvgIpc) is 3.12. The van der Waals surface area contributed by atoms with Crippen molar-refractivity contribution in [1.82, 2.24) is 4.90 Å². The van der Waals surface area contributed by atoms with Gasteiger partial charge in [0.25, 0.3) is 11.1 Å². The van der Waals surface area contributed by atoms with Crippen LogP contribution >= 0.6 is 35.0 Å². The Morgan fingerprint density at radius 3 is 2.50 bits per heavy atom. The second-order valence-corrected chi connectivity index (χ2v) is 9.46. The molecule has 0 radical (unpaired) electrons. The zero-order valence-electron chi connectivity index (χ0n) is 19.0. The summed E-state index contributed by atoms with van der Waals surface area (Å²) in [4.78, 5) is 38.7. The predicted molar refractivity (Wildman–Crippen MR) is 142 cm³/mol. The molecule has 3 aromatic rings. The monoisotopic (exact) mass is 542 g/mol. The van der Waals surface area contributed by atoms with Crippen molar-refractivity contribution in [2.24, 2.45) is 0 Å². The molecule has 10 heteroatoms. The van der Waals surface area contributed by atoms with Crippen LogP contribution < -0.4 is 14.8 Å². The van der Waals surface area contributed by atoms with Crippen molar-refractivity contribution < 1.29 is 23.9 Å². The van der Waals surface area contributed by atoms with Crippen LogP contribution in [-0.2, 0) is 16.2 Å². The smallest absolute Gasteiger partial charge is 0.294 e. The van der Waals surface area contributed by atoms with Gasteiger partial charge in [-0.2, -0.15) is 0 Å². The molecule has 3 amide bonds. The summed E-state index contributed by atoms with van der Waals surface area (Å²) < 4.78 is 11.3. The molecule has 0 bridgehead atoms. The van der Waals surface area contributed by atoms with E-state index in [4.69, 9.17) is 32.7 Å². The lowest BCUT2D eigenvalue weighted by molar-refractivity contribution is -0.127. The van der Waals surface area contributed by atoms with E-state index in [0.29, 0.717) is 39.4 Å². The van der Waals surface area contributed by atoms with E-state index in [2.05, 4.69) is 5.32 Å². The number of para-hydroxylation sites is 1. The Hall–Kier alpha value is -3.46. The van der Waals surface area contributed by atoms with Gasteiger partial charge in [0.15, 0.2) is 11.5 Å². The van der Waals surface area contributed by atoms with E-state index in [9.17, 15) is 14.4 Å². The third kappa shape index (κ3) is 6.20. The molecule has 0 spiro atoms. The summed E-state index contributed by atoms with van der Waals surface area (Å²) in [6.45, 7) is -0.101. The molecule has 4 rings (SSSR count). The molecule has 3 aromatic carbocycles. The van der Waals surface area contributed by atoms with Crippen molar-refractivity contribution in [3.05, 3.63) is 92.8 Å². The number of nitrogens with zero attached hydrogens (tertiary/aromatic N) is 1. The number of carbonyl (C=O) groups excluding carboxylic acids is 3. The second-order valence-electron chi connectivity index (χ2n) is 7.62. The number of nitrogens with one attached hydrogen (secondary N) is 1. The number of halogens is 2. The molecule has 0 aliphatic carbocycles. The van der Waals surface area contributed by atoms with Gasteiger partial charge in [0, 0.05) is 5.02 Å². The number of thioether (sulfide) groups is 1. The number of imide groups is 1. The van der Waals surface area contributed by atoms with Crippen molar-refractivity contribution in [1.29, 1.82) is 0 Å². The van der Waals surface area contributed by atoms with E-state index in [1.54, 1.807) is 60.7 Å². The minimum Gasteiger partial charge on any atom is -0.493 e. The van der Waals surface area contributed by atoms with Gasteiger partial charge in [-0.3, -0.25) is 19.3 Å². The first-order chi connectivity index (χ1) is 17.3. The van der Waals surface area contributed by atoms with Crippen LogP contribution in [0.4, 0.5) is 10.5 Å². The van der Waals surface area contributed by atoms with Crippen molar-refractivity contribution in [3.8, 4) is 11.5 Å². The Balaban J connectivity index is 1.43. The summed E-state index contributed by atoms with van der Waals surface area (Å²) in [5, 5.41) is 3.08. The molecule has 36 heavy (non-hydrogen) atoms. The topological polar surface area (TPSA) is 84.9 Å². The summed E-state index contributed by atoms with van der Waals surface area (Å²) in [6, 6.07) is 19.2. The summed E-state index contributed by atoms with van der Waals surface area (Å²) in [5.74, 6) is -0.0955. The van der Waals surface area contributed by atoms with Gasteiger partial charge in [-0.05, 0) is 65.4 Å². The van der Waals surface area contributed by atoms with Crippen LogP contribution in [0.2, 0.25) is 10.0 Å². The highest BCUT2D eigenvalue weighted by Crippen LogP contribution is 2.35. The van der Waals surface area contributed by atoms with Crippen LogP contribution in [0.15, 0.2) is 71.6 Å². The van der Waals surface area contributed by atoms with Gasteiger partial charge in [0.2, 0.25) is 5.91 Å². The van der Waals surface area contributed by atoms with Crippen LogP contribution in [0.3, 0.4) is 0 Å². The first kappa shape index (κ1) is 25.6. The van der Waals surface area contributed by atoms with E-state index >= 15 is 0 Å². The van der Waals surface area contributed by atoms with Crippen molar-refractivity contribution in [2.75, 3.05) is 19.0 Å². The molecule has 0 saturated carbocycles. The maximum Gasteiger partial charge on any atom is 0.294 e. The zero-order valence-corrected chi connectivity index (χ0v) is 21.3. The highest BCUT2D eigenvalue weighted by Gasteiger charge is 2.36. The fourth-order valence-corrected chi connectivity index (χ4v) is 4.47. The van der Waals surface area contributed by atoms with Crippen molar-refractivity contribution in [2.45, 2.75) is 6.61 Å². The van der Waals surface area contributed by atoms with Gasteiger partial charge in [-0.1, -0.05) is 53.5 Å². The minimum atomic E-state index is -0.554. The lowest BCUT2D eigenvalue weighted by Gasteiger charge is -2.13. The lowest BCUT2D eigenvalue weighted by Crippen LogP contribution is -2.36. The molecule has 184 valence electrons. The van der Waals surface area contributed by atoms with Gasteiger partial charge >= 0.3 is 0 Å². The number of methoxy groups -OCH3 is 1. The maximum atomic E-state index is 12.8. The van der Waals surface area contributed by atoms with Crippen LogP contribution in [0, 0.1) is 0 Å². The van der Waals surface area contributed by atoms with Crippen LogP contribution in [0.1, 0.15) is 11.1 Å². The molecule has 0 atom stereocenters. The van der Waals surface area contributed by atoms with Gasteiger partial charge in [0.05, 0.1) is 22.7 Å². The fourth-order valence-electron chi connectivity index (χ4n) is 3.32. The summed E-state index contributed by atoms with van der Waals surface area (Å²) in [6.07, 6.45) is 1.57. The number of hydrogen-bond acceptors (Lipinski definition) is 6. The Morgan fingerprint density at radius 1 is 1.03 bits per heavy atom. The Labute approximate surface area is 222 Å². The number of amides is 3. The number of rotatable bonds is 8. The van der Waals surface area contributed by atoms with Crippen molar-refractivity contribution >= 4 is 63.8 Å². The van der Waals surface area contributed by atoms with Crippen LogP contribution in [-0.4, -0.2) is 35.6 Å². The number of hydrogen-bond donors (Lipinski definition) is 1. The quantitative estimate of drug-likeness (QED) is 0.338. The summed E-state index contributed by atoms with van der Waals surface area (Å²) in [7, 11) is 1.51. The molecule has 1 aliphatic rings. The Kier molecular flexibility index (Phi) is 8.20. The number of anilines is 1. The second kappa shape index (κ2) is 11.5. The lowest BCUT2D eigenvalue weighted by atomic mass is 10.1. The molecule has 7 nitrogen and oxygen atoms in total. The van der Waals surface area contributed by atoms with Crippen LogP contribution in [0.25, 0.3) is 6.08 Å². The average molecular weight is 543 g/mol. The number of ether oxygens (including phenoxy) is 2. The molecule has 1 fully saturated rings. The largest absolute Gasteiger partial charge is 0.493 e. The predicted octanol–water partition coefficient (Wildman–Crippen LogP) is 6.26. The maximum absolute atomic E-state index is 12.8. The van der Waals surface area contributed by atoms with Gasteiger partial charge in [-0.25, -0.2) is 0 Å². The van der Waals surface area contributed by atoms with E-state index < -0.39 is 23.6 Å². The summed E-state index contributed by atoms with van der Waals surface area (Å²) in [5.41, 5.74) is 1.98. The van der Waals surface area contributed by atoms with Gasteiger partial charge in [0.1, 0.15) is 13.2 Å². The molecular weight excluding hydrogens is 523 g/mol. The first-order valence-corrected chi connectivity index (χ1v) is 12.3. The fraction of sp³-hybridized carbons (Fsp3) is 0.115. The molecule has 1 heterocycles. The molecular formula is C26H20Cl2N2O5S. The molecule has 1 N–H and O–H groups in total. The van der Waals surface area contributed by atoms with Gasteiger partial charge in [-0.15, -0.1) is 0 Å². The number of carbonyl (C=O) groups is 3. The molecule has 0 unspecified atom stereocenters. The minimum absolute atomic E-state index is 0.197. The van der Waals surface area contributed by atoms with Crippen molar-refractivity contribution in [3.63, 3.8) is 0 Å². The Morgan fingerprint density at radius 2 is 1.78 bits per heavy atom. The van der Waals surface area contributed by atoms with E-state index in [0.717, 1.165) is 22.2 Å². The molecule has 1 saturated heterocycles. The summed E-state index contributed by atoms with van der Waals surface area (Å²) >= 11 is 12.7. The zero-order chi connectivity index (χ0) is 25.7. The highest BCUT2D eigenvalue weighted by atomic mass is 35.5. The molecule has 0 aromatic heterocycles. The first-order valence-electron chi connectivity index (χ1n) is 10.7. The third-order valence-electron chi connectivity index (χ3n) is 5.12. The Bertz CT molecular complexity index is 1340. The highest BCUT2D eigenvalue weighted by molar-refractivity contribution is 8.18. The van der Waals surface area contributed by atoms with Gasteiger partial charge < -0.3 is 14.8 Å². The van der Waals surface area contributed by atoms with E-state index in [1.165, 1.54) is 7.11 Å². The number of benzene rings is 3.